The van der Waals surface area contributed by atoms with Gasteiger partial charge in [-0.05, 0) is 23.8 Å². The minimum absolute atomic E-state index is 0.00102. The molecule has 0 radical (unpaired) electrons. The van der Waals surface area contributed by atoms with Crippen LogP contribution in [0.5, 0.6) is 5.75 Å². The molecule has 126 valence electrons. The van der Waals surface area contributed by atoms with Crippen molar-refractivity contribution in [2.75, 3.05) is 38.7 Å². The summed E-state index contributed by atoms with van der Waals surface area (Å²) >= 11 is 0. The number of rotatable bonds is 5. The Hall–Kier alpha value is -2.60. The zero-order valence-corrected chi connectivity index (χ0v) is 13.7. The van der Waals surface area contributed by atoms with Crippen LogP contribution < -0.4 is 10.1 Å². The highest BCUT2D eigenvalue weighted by molar-refractivity contribution is 5.94. The summed E-state index contributed by atoms with van der Waals surface area (Å²) in [6.07, 6.45) is 3.33. The summed E-state index contributed by atoms with van der Waals surface area (Å²) in [5, 5.41) is 3.30. The van der Waals surface area contributed by atoms with Crippen molar-refractivity contribution >= 4 is 11.6 Å². The van der Waals surface area contributed by atoms with E-state index in [1.807, 2.05) is 30.3 Å². The van der Waals surface area contributed by atoms with Crippen LogP contribution in [-0.2, 0) is 11.3 Å². The third kappa shape index (κ3) is 4.02. The lowest BCUT2D eigenvalue weighted by Crippen LogP contribution is -2.40. The van der Waals surface area contributed by atoms with Crippen LogP contribution in [0.25, 0.3) is 0 Å². The number of carbonyl (C=O) groups excluding carboxylic acids is 1. The monoisotopic (exact) mass is 327 g/mol. The van der Waals surface area contributed by atoms with Gasteiger partial charge in [-0.2, -0.15) is 0 Å². The van der Waals surface area contributed by atoms with Gasteiger partial charge in [0.2, 0.25) is 0 Å². The molecule has 0 saturated carbocycles. The topological polar surface area (TPSA) is 63.7 Å². The molecule has 6 heteroatoms. The number of anilines is 1. The number of carbonyl (C=O) groups is 1. The Morgan fingerprint density at radius 2 is 2.00 bits per heavy atom. The Morgan fingerprint density at radius 1 is 1.25 bits per heavy atom. The van der Waals surface area contributed by atoms with Crippen LogP contribution in [-0.4, -0.2) is 49.2 Å². The van der Waals surface area contributed by atoms with Gasteiger partial charge in [-0.25, -0.2) is 0 Å². The molecule has 0 spiro atoms. The molecule has 0 aliphatic carbocycles. The van der Waals surface area contributed by atoms with Gasteiger partial charge >= 0.3 is 0 Å². The lowest BCUT2D eigenvalue weighted by Gasteiger charge is -2.26. The molecule has 1 aromatic carbocycles. The third-order valence-corrected chi connectivity index (χ3v) is 3.94. The second-order valence-corrected chi connectivity index (χ2v) is 5.57. The number of methoxy groups -OCH3 is 1. The zero-order valence-electron chi connectivity index (χ0n) is 13.7. The SMILES string of the molecule is COc1ccc(CNc2cncc(C(=O)N3CCOCC3)c2)cc1. The van der Waals surface area contributed by atoms with Gasteiger partial charge in [0.1, 0.15) is 5.75 Å². The number of nitrogens with one attached hydrogen (secondary N) is 1. The molecule has 24 heavy (non-hydrogen) atoms. The number of pyridine rings is 1. The second-order valence-electron chi connectivity index (χ2n) is 5.57. The van der Waals surface area contributed by atoms with E-state index < -0.39 is 0 Å². The maximum absolute atomic E-state index is 12.5. The highest BCUT2D eigenvalue weighted by Crippen LogP contribution is 2.15. The van der Waals surface area contributed by atoms with E-state index in [-0.39, 0.29) is 5.91 Å². The van der Waals surface area contributed by atoms with Gasteiger partial charge in [-0.15, -0.1) is 0 Å². The van der Waals surface area contributed by atoms with Crippen molar-refractivity contribution in [3.63, 3.8) is 0 Å². The number of benzene rings is 1. The highest BCUT2D eigenvalue weighted by atomic mass is 16.5. The van der Waals surface area contributed by atoms with Crippen molar-refractivity contribution in [3.8, 4) is 5.75 Å². The minimum atomic E-state index is -0.00102. The number of ether oxygens (including phenoxy) is 2. The van der Waals surface area contributed by atoms with Gasteiger partial charge in [0.15, 0.2) is 0 Å². The average Bonchev–Trinajstić information content (AvgIpc) is 2.67. The molecule has 3 rings (SSSR count). The van der Waals surface area contributed by atoms with Crippen molar-refractivity contribution in [2.24, 2.45) is 0 Å². The van der Waals surface area contributed by atoms with Crippen molar-refractivity contribution in [2.45, 2.75) is 6.54 Å². The summed E-state index contributed by atoms with van der Waals surface area (Å²) in [6, 6.07) is 9.69. The minimum Gasteiger partial charge on any atom is -0.497 e. The van der Waals surface area contributed by atoms with E-state index in [1.54, 1.807) is 24.4 Å². The predicted octanol–water partition coefficient (Wildman–Crippen LogP) is 2.17. The molecule has 1 saturated heterocycles. The highest BCUT2D eigenvalue weighted by Gasteiger charge is 2.18. The molecule has 0 unspecified atom stereocenters. The normalized spacial score (nSPS) is 14.3. The number of amides is 1. The van der Waals surface area contributed by atoms with E-state index in [4.69, 9.17) is 9.47 Å². The van der Waals surface area contributed by atoms with E-state index in [9.17, 15) is 4.79 Å². The summed E-state index contributed by atoms with van der Waals surface area (Å²) in [5.41, 5.74) is 2.54. The summed E-state index contributed by atoms with van der Waals surface area (Å²) < 4.78 is 10.4. The Labute approximate surface area is 141 Å². The fourth-order valence-corrected chi connectivity index (χ4v) is 2.55. The van der Waals surface area contributed by atoms with Gasteiger partial charge in [-0.3, -0.25) is 9.78 Å². The molecule has 1 aliphatic heterocycles. The molecule has 1 amide bonds. The first-order valence-corrected chi connectivity index (χ1v) is 7.95. The predicted molar refractivity (Wildman–Crippen MR) is 91.3 cm³/mol. The smallest absolute Gasteiger partial charge is 0.255 e. The standard InChI is InChI=1S/C18H21N3O3/c1-23-17-4-2-14(3-5-17)11-20-16-10-15(12-19-13-16)18(22)21-6-8-24-9-7-21/h2-5,10,12-13,20H,6-9,11H2,1H3. The number of aromatic nitrogens is 1. The van der Waals surface area contributed by atoms with Crippen LogP contribution in [0.1, 0.15) is 15.9 Å². The van der Waals surface area contributed by atoms with Crippen LogP contribution in [0.2, 0.25) is 0 Å². The summed E-state index contributed by atoms with van der Waals surface area (Å²) in [6.45, 7) is 3.09. The summed E-state index contributed by atoms with van der Waals surface area (Å²) in [7, 11) is 1.65. The molecule has 1 fully saturated rings. The largest absolute Gasteiger partial charge is 0.497 e. The first-order chi connectivity index (χ1) is 11.8. The van der Waals surface area contributed by atoms with Crippen molar-refractivity contribution in [1.82, 2.24) is 9.88 Å². The quantitative estimate of drug-likeness (QED) is 0.912. The molecule has 2 aromatic rings. The van der Waals surface area contributed by atoms with Gasteiger partial charge in [0.05, 0.1) is 31.6 Å². The Bertz CT molecular complexity index is 682. The first-order valence-electron chi connectivity index (χ1n) is 7.95. The Morgan fingerprint density at radius 3 is 2.71 bits per heavy atom. The lowest BCUT2D eigenvalue weighted by molar-refractivity contribution is 0.0302. The van der Waals surface area contributed by atoms with E-state index in [2.05, 4.69) is 10.3 Å². The fourth-order valence-electron chi connectivity index (χ4n) is 2.55. The zero-order chi connectivity index (χ0) is 16.8. The molecule has 1 N–H and O–H groups in total. The number of hydrogen-bond acceptors (Lipinski definition) is 5. The first kappa shape index (κ1) is 16.3. The molecule has 1 aromatic heterocycles. The maximum Gasteiger partial charge on any atom is 0.255 e. The van der Waals surface area contributed by atoms with Crippen molar-refractivity contribution in [3.05, 3.63) is 53.9 Å². The summed E-state index contributed by atoms with van der Waals surface area (Å²) in [4.78, 5) is 18.5. The molecule has 6 nitrogen and oxygen atoms in total. The third-order valence-electron chi connectivity index (χ3n) is 3.94. The van der Waals surface area contributed by atoms with Crippen molar-refractivity contribution < 1.29 is 14.3 Å². The maximum atomic E-state index is 12.5. The van der Waals surface area contributed by atoms with Gasteiger partial charge < -0.3 is 19.7 Å². The number of nitrogens with zero attached hydrogens (tertiary/aromatic N) is 2. The van der Waals surface area contributed by atoms with Crippen LogP contribution in [0.15, 0.2) is 42.7 Å². The number of hydrogen-bond donors (Lipinski definition) is 1. The molecule has 1 aliphatic rings. The van der Waals surface area contributed by atoms with Crippen LogP contribution in [0.3, 0.4) is 0 Å². The molecule has 0 bridgehead atoms. The second kappa shape index (κ2) is 7.79. The summed E-state index contributed by atoms with van der Waals surface area (Å²) in [5.74, 6) is 0.831. The van der Waals surface area contributed by atoms with E-state index in [1.165, 1.54) is 0 Å². The number of morpholine rings is 1. The molecular formula is C18H21N3O3. The van der Waals surface area contributed by atoms with Crippen LogP contribution >= 0.6 is 0 Å². The van der Waals surface area contributed by atoms with Gasteiger partial charge in [0.25, 0.3) is 5.91 Å². The fraction of sp³-hybridized carbons (Fsp3) is 0.333. The van der Waals surface area contributed by atoms with Crippen LogP contribution in [0.4, 0.5) is 5.69 Å². The lowest BCUT2D eigenvalue weighted by atomic mass is 10.2. The van der Waals surface area contributed by atoms with Crippen LogP contribution in [0, 0.1) is 0 Å². The molecular weight excluding hydrogens is 306 g/mol. The van der Waals surface area contributed by atoms with E-state index >= 15 is 0 Å². The van der Waals surface area contributed by atoms with Gasteiger partial charge in [-0.1, -0.05) is 12.1 Å². The Balaban J connectivity index is 1.62. The molecule has 2 heterocycles. The van der Waals surface area contributed by atoms with E-state index in [0.29, 0.717) is 38.4 Å². The van der Waals surface area contributed by atoms with Crippen molar-refractivity contribution in [1.29, 1.82) is 0 Å². The molecule has 0 atom stereocenters. The average molecular weight is 327 g/mol. The van der Waals surface area contributed by atoms with Gasteiger partial charge in [0, 0.05) is 32.0 Å². The Kier molecular flexibility index (Phi) is 5.28. The van der Waals surface area contributed by atoms with E-state index in [0.717, 1.165) is 17.0 Å².